The second kappa shape index (κ2) is 5.57. The monoisotopic (exact) mass is 274 g/mol. The molecule has 2 aromatic heterocycles. The highest BCUT2D eigenvalue weighted by atomic mass is 32.1. The predicted molar refractivity (Wildman–Crippen MR) is 80.4 cm³/mol. The van der Waals surface area contributed by atoms with Gasteiger partial charge < -0.3 is 10.6 Å². The molecule has 0 radical (unpaired) electrons. The third-order valence-electron chi connectivity index (χ3n) is 3.54. The molecule has 2 aromatic rings. The van der Waals surface area contributed by atoms with Gasteiger partial charge in [0.1, 0.15) is 10.8 Å². The summed E-state index contributed by atoms with van der Waals surface area (Å²) < 4.78 is 4.35. The largest absolute Gasteiger partial charge is 0.382 e. The first-order chi connectivity index (χ1) is 9.36. The Morgan fingerprint density at radius 1 is 1.16 bits per heavy atom. The summed E-state index contributed by atoms with van der Waals surface area (Å²) in [5, 5.41) is 1.20. The molecule has 3 rings (SSSR count). The van der Waals surface area contributed by atoms with Gasteiger partial charge in [0.15, 0.2) is 0 Å². The Balaban J connectivity index is 1.98. The summed E-state index contributed by atoms with van der Waals surface area (Å²) in [5.74, 6) is 0.622. The van der Waals surface area contributed by atoms with Crippen LogP contribution in [-0.2, 0) is 0 Å². The van der Waals surface area contributed by atoms with E-state index < -0.39 is 0 Å². The minimum absolute atomic E-state index is 0.622. The van der Waals surface area contributed by atoms with Crippen LogP contribution in [0.1, 0.15) is 25.7 Å². The fourth-order valence-corrected chi connectivity index (χ4v) is 3.45. The average molecular weight is 274 g/mol. The molecule has 1 fully saturated rings. The number of hydrogen-bond donors (Lipinski definition) is 1. The zero-order chi connectivity index (χ0) is 13.1. The molecule has 1 aliphatic rings. The summed E-state index contributed by atoms with van der Waals surface area (Å²) in [6.07, 6.45) is 8.81. The minimum atomic E-state index is 0.622. The molecule has 1 aliphatic heterocycles. The summed E-state index contributed by atoms with van der Waals surface area (Å²) in [7, 11) is 0. The number of pyridine rings is 1. The van der Waals surface area contributed by atoms with Gasteiger partial charge in [-0.15, -0.1) is 0 Å². The summed E-state index contributed by atoms with van der Waals surface area (Å²) in [6.45, 7) is 2.21. The van der Waals surface area contributed by atoms with E-state index in [0.717, 1.165) is 24.2 Å². The lowest BCUT2D eigenvalue weighted by Crippen LogP contribution is -2.23. The maximum absolute atomic E-state index is 6.06. The molecule has 0 unspecified atom stereocenters. The van der Waals surface area contributed by atoms with E-state index in [1.807, 2.05) is 12.3 Å². The van der Waals surface area contributed by atoms with Crippen LogP contribution in [0.2, 0.25) is 0 Å². The number of rotatable bonds is 2. The van der Waals surface area contributed by atoms with E-state index in [2.05, 4.69) is 20.3 Å². The highest BCUT2D eigenvalue weighted by molar-refractivity contribution is 7.11. The third-order valence-corrected chi connectivity index (χ3v) is 4.47. The molecule has 100 valence electrons. The van der Waals surface area contributed by atoms with Crippen molar-refractivity contribution in [1.29, 1.82) is 0 Å². The Labute approximate surface area is 117 Å². The van der Waals surface area contributed by atoms with Gasteiger partial charge in [-0.25, -0.2) is 0 Å². The quantitative estimate of drug-likeness (QED) is 0.914. The zero-order valence-electron chi connectivity index (χ0n) is 10.9. The van der Waals surface area contributed by atoms with Gasteiger partial charge >= 0.3 is 0 Å². The van der Waals surface area contributed by atoms with Gasteiger partial charge in [0.2, 0.25) is 0 Å². The van der Waals surface area contributed by atoms with E-state index in [1.165, 1.54) is 42.2 Å². The molecular weight excluding hydrogens is 256 g/mol. The standard InChI is InChI=1S/C14H18N4S/c15-13-12(11-6-5-7-16-10-11)14(19-17-13)18-8-3-1-2-4-9-18/h5-7,10H,1-4,8-9H2,(H2,15,17). The number of anilines is 2. The van der Waals surface area contributed by atoms with Gasteiger partial charge in [-0.2, -0.15) is 4.37 Å². The second-order valence-corrected chi connectivity index (χ2v) is 5.64. The molecule has 3 heterocycles. The molecular formula is C14H18N4S. The molecule has 0 atom stereocenters. The Bertz CT molecular complexity index is 530. The highest BCUT2D eigenvalue weighted by Crippen LogP contribution is 2.39. The fraction of sp³-hybridized carbons (Fsp3) is 0.429. The molecule has 0 spiro atoms. The van der Waals surface area contributed by atoms with Crippen molar-refractivity contribution in [2.75, 3.05) is 23.7 Å². The van der Waals surface area contributed by atoms with Crippen LogP contribution in [0.5, 0.6) is 0 Å². The molecule has 0 bridgehead atoms. The Morgan fingerprint density at radius 3 is 2.63 bits per heavy atom. The first-order valence-electron chi connectivity index (χ1n) is 6.77. The topological polar surface area (TPSA) is 55.0 Å². The molecule has 0 aliphatic carbocycles. The van der Waals surface area contributed by atoms with Crippen molar-refractivity contribution in [3.63, 3.8) is 0 Å². The summed E-state index contributed by atoms with van der Waals surface area (Å²) in [4.78, 5) is 6.62. The van der Waals surface area contributed by atoms with Crippen molar-refractivity contribution >= 4 is 22.4 Å². The smallest absolute Gasteiger partial charge is 0.147 e. The lowest BCUT2D eigenvalue weighted by atomic mass is 10.1. The van der Waals surface area contributed by atoms with Gasteiger partial charge in [-0.1, -0.05) is 18.9 Å². The van der Waals surface area contributed by atoms with E-state index in [0.29, 0.717) is 5.82 Å². The van der Waals surface area contributed by atoms with Crippen molar-refractivity contribution in [3.05, 3.63) is 24.5 Å². The molecule has 0 amide bonds. The van der Waals surface area contributed by atoms with E-state index in [4.69, 9.17) is 5.73 Å². The summed E-state index contributed by atoms with van der Waals surface area (Å²) in [5.41, 5.74) is 8.18. The van der Waals surface area contributed by atoms with E-state index in [-0.39, 0.29) is 0 Å². The molecule has 5 heteroatoms. The Morgan fingerprint density at radius 2 is 1.95 bits per heavy atom. The Hall–Kier alpha value is -1.62. The van der Waals surface area contributed by atoms with Crippen molar-refractivity contribution < 1.29 is 0 Å². The van der Waals surface area contributed by atoms with Gasteiger partial charge in [-0.05, 0) is 30.4 Å². The first kappa shape index (κ1) is 12.4. The fourth-order valence-electron chi connectivity index (χ4n) is 2.56. The van der Waals surface area contributed by atoms with Crippen LogP contribution in [0.3, 0.4) is 0 Å². The molecule has 2 N–H and O–H groups in total. The summed E-state index contributed by atoms with van der Waals surface area (Å²) >= 11 is 1.51. The number of aromatic nitrogens is 2. The molecule has 4 nitrogen and oxygen atoms in total. The minimum Gasteiger partial charge on any atom is -0.382 e. The SMILES string of the molecule is Nc1nsc(N2CCCCCC2)c1-c1cccnc1. The highest BCUT2D eigenvalue weighted by Gasteiger charge is 2.20. The van der Waals surface area contributed by atoms with Gasteiger partial charge in [0.05, 0.1) is 5.56 Å². The van der Waals surface area contributed by atoms with E-state index in [1.54, 1.807) is 6.20 Å². The Kier molecular flexibility index (Phi) is 3.64. The molecule has 0 saturated carbocycles. The number of nitrogens with two attached hydrogens (primary N) is 1. The molecule has 0 aromatic carbocycles. The van der Waals surface area contributed by atoms with E-state index >= 15 is 0 Å². The lowest BCUT2D eigenvalue weighted by Gasteiger charge is -2.21. The van der Waals surface area contributed by atoms with Crippen molar-refractivity contribution in [2.24, 2.45) is 0 Å². The maximum Gasteiger partial charge on any atom is 0.147 e. The maximum atomic E-state index is 6.06. The molecule has 1 saturated heterocycles. The van der Waals surface area contributed by atoms with Crippen LogP contribution in [0.15, 0.2) is 24.5 Å². The van der Waals surface area contributed by atoms with E-state index in [9.17, 15) is 0 Å². The first-order valence-corrected chi connectivity index (χ1v) is 7.54. The lowest BCUT2D eigenvalue weighted by molar-refractivity contribution is 0.726. The van der Waals surface area contributed by atoms with Gasteiger partial charge in [0, 0.05) is 31.0 Å². The van der Waals surface area contributed by atoms with Crippen LogP contribution in [0.4, 0.5) is 10.8 Å². The van der Waals surface area contributed by atoms with Crippen LogP contribution in [0.25, 0.3) is 11.1 Å². The van der Waals surface area contributed by atoms with Gasteiger partial charge in [0.25, 0.3) is 0 Å². The third kappa shape index (κ3) is 2.56. The normalized spacial score (nSPS) is 16.3. The van der Waals surface area contributed by atoms with Crippen molar-refractivity contribution in [3.8, 4) is 11.1 Å². The van der Waals surface area contributed by atoms with Crippen LogP contribution in [-0.4, -0.2) is 22.4 Å². The molecule has 19 heavy (non-hydrogen) atoms. The second-order valence-electron chi connectivity index (χ2n) is 4.89. The summed E-state index contributed by atoms with van der Waals surface area (Å²) in [6, 6.07) is 3.99. The number of hydrogen-bond acceptors (Lipinski definition) is 5. The van der Waals surface area contributed by atoms with Crippen molar-refractivity contribution in [1.82, 2.24) is 9.36 Å². The average Bonchev–Trinajstić information content (AvgIpc) is 2.67. The number of nitrogen functional groups attached to an aromatic ring is 1. The van der Waals surface area contributed by atoms with Crippen LogP contribution >= 0.6 is 11.5 Å². The van der Waals surface area contributed by atoms with Crippen LogP contribution < -0.4 is 10.6 Å². The van der Waals surface area contributed by atoms with Crippen LogP contribution in [0, 0.1) is 0 Å². The zero-order valence-corrected chi connectivity index (χ0v) is 11.7. The predicted octanol–water partition coefficient (Wildman–Crippen LogP) is 3.17. The number of nitrogens with zero attached hydrogens (tertiary/aromatic N) is 3. The van der Waals surface area contributed by atoms with Gasteiger partial charge in [-0.3, -0.25) is 4.98 Å². The van der Waals surface area contributed by atoms with Crippen molar-refractivity contribution in [2.45, 2.75) is 25.7 Å².